The molecule has 0 fully saturated rings. The van der Waals surface area contributed by atoms with Gasteiger partial charge in [-0.25, -0.2) is 0 Å². The fraction of sp³-hybridized carbons (Fsp3) is 0. The molecule has 0 aliphatic heterocycles. The Hall–Kier alpha value is 0.846. The van der Waals surface area contributed by atoms with E-state index in [1.807, 2.05) is 0 Å². The normalized spacial score (nSPS) is 5.33. The van der Waals surface area contributed by atoms with Crippen LogP contribution in [0.1, 0.15) is 0 Å². The molecule has 0 heterocycles. The molecule has 0 rings (SSSR count). The molecule has 0 aromatic heterocycles. The Kier molecular flexibility index (Phi) is 9.71. The van der Waals surface area contributed by atoms with Crippen molar-refractivity contribution >= 4 is 5.97 Å². The molecule has 0 saturated carbocycles. The van der Waals surface area contributed by atoms with Gasteiger partial charge >= 0.3 is 51.4 Å². The Bertz CT molecular complexity index is 59.8. The summed E-state index contributed by atoms with van der Waals surface area (Å²) in [5.74, 6) is -1.09. The third-order valence-electron chi connectivity index (χ3n) is 0.143. The minimum atomic E-state index is -1.09. The van der Waals surface area contributed by atoms with Gasteiger partial charge in [0, 0.05) is 0 Å². The van der Waals surface area contributed by atoms with Gasteiger partial charge in [-0.15, -0.1) is 0 Å². The molecule has 0 saturated heterocycles. The van der Waals surface area contributed by atoms with Gasteiger partial charge in [0.15, 0.2) is 5.97 Å². The van der Waals surface area contributed by atoms with E-state index in [1.54, 1.807) is 0 Å². The maximum absolute atomic E-state index is 9.19. The summed E-state index contributed by atoms with van der Waals surface area (Å²) >= 11 is 0. The van der Waals surface area contributed by atoms with Gasteiger partial charge in [-0.05, 0) is 0 Å². The van der Waals surface area contributed by atoms with E-state index in [2.05, 4.69) is 6.58 Å². The van der Waals surface area contributed by atoms with E-state index in [9.17, 15) is 4.79 Å². The maximum Gasteiger partial charge on any atom is 1.00 e. The van der Waals surface area contributed by atoms with Gasteiger partial charge in [0.25, 0.3) is 0 Å². The van der Waals surface area contributed by atoms with Crippen LogP contribution in [-0.4, -0.2) is 11.1 Å². The summed E-state index contributed by atoms with van der Waals surface area (Å²) < 4.78 is 0. The molecule has 0 aliphatic rings. The summed E-state index contributed by atoms with van der Waals surface area (Å²) in [6.07, 6.45) is 0.583. The first kappa shape index (κ1) is 9.96. The smallest absolute Gasteiger partial charge is 0.562 e. The van der Waals surface area contributed by atoms with Crippen LogP contribution in [0.3, 0.4) is 0 Å². The Labute approximate surface area is 78.7 Å². The molecule has 3 heteroatoms. The van der Waals surface area contributed by atoms with Gasteiger partial charge < -0.3 is 9.90 Å². The molecule has 6 heavy (non-hydrogen) atoms. The van der Waals surface area contributed by atoms with Crippen molar-refractivity contribution in [3.05, 3.63) is 12.7 Å². The molecule has 28 valence electrons. The van der Waals surface area contributed by atoms with Gasteiger partial charge in [-0.3, -0.25) is 6.58 Å². The van der Waals surface area contributed by atoms with Crippen LogP contribution in [0.4, 0.5) is 0 Å². The average Bonchev–Trinajstić information content (AvgIpc) is 1.38. The van der Waals surface area contributed by atoms with Crippen molar-refractivity contribution in [2.45, 2.75) is 0 Å². The fourth-order valence-corrected chi connectivity index (χ4v) is 0. The maximum atomic E-state index is 9.19. The second-order valence-electron chi connectivity index (χ2n) is 0.505. The monoisotopic (exact) mass is 110 g/mol. The van der Waals surface area contributed by atoms with Crippen molar-refractivity contribution < 1.29 is 61.3 Å². The molecular formula is C3H3KO2. The number of rotatable bonds is 1. The van der Waals surface area contributed by atoms with Crippen LogP contribution >= 0.6 is 0 Å². The Morgan fingerprint density at radius 1 is 1.83 bits per heavy atom. The summed E-state index contributed by atoms with van der Waals surface area (Å²) in [7, 11) is 0. The fourth-order valence-electron chi connectivity index (χ4n) is 0. The average molecular weight is 110 g/mol. The number of carboxylic acids is 1. The number of hydrogen-bond donors (Lipinski definition) is 1. The molecule has 0 spiro atoms. The number of carboxylic acid groups (broad SMARTS) is 1. The van der Waals surface area contributed by atoms with Crippen LogP contribution in [0, 0.1) is 6.58 Å². The van der Waals surface area contributed by atoms with Crippen LogP contribution in [-0.2, 0) is 4.79 Å². The van der Waals surface area contributed by atoms with E-state index in [-0.39, 0.29) is 51.4 Å². The number of aliphatic carboxylic acids is 1. The third kappa shape index (κ3) is 8.85. The quantitative estimate of drug-likeness (QED) is 0.223. The SMILES string of the molecule is [CH-]=CC(=O)O.[K+]. The standard InChI is InChI=1S/C3H3O2.K/c1-2-3(4)5;/h1-2H,(H,4,5);/q-1;+1. The van der Waals surface area contributed by atoms with Crippen molar-refractivity contribution in [2.24, 2.45) is 0 Å². The second kappa shape index (κ2) is 5.85. The van der Waals surface area contributed by atoms with E-state index < -0.39 is 5.97 Å². The molecule has 1 N–H and O–H groups in total. The number of hydrogen-bond acceptors (Lipinski definition) is 1. The van der Waals surface area contributed by atoms with Gasteiger partial charge in [0.1, 0.15) is 0 Å². The summed E-state index contributed by atoms with van der Waals surface area (Å²) in [4.78, 5) is 9.19. The van der Waals surface area contributed by atoms with E-state index in [1.165, 1.54) is 0 Å². The van der Waals surface area contributed by atoms with Crippen molar-refractivity contribution in [1.82, 2.24) is 0 Å². The van der Waals surface area contributed by atoms with Crippen LogP contribution in [0.15, 0.2) is 6.08 Å². The summed E-state index contributed by atoms with van der Waals surface area (Å²) in [5, 5.41) is 7.54. The van der Waals surface area contributed by atoms with Gasteiger partial charge in [-0.2, -0.15) is 6.08 Å². The summed E-state index contributed by atoms with van der Waals surface area (Å²) in [6, 6.07) is 0. The van der Waals surface area contributed by atoms with Gasteiger partial charge in [-0.1, -0.05) is 0 Å². The Morgan fingerprint density at radius 3 is 2.00 bits per heavy atom. The predicted octanol–water partition coefficient (Wildman–Crippen LogP) is -2.94. The predicted molar refractivity (Wildman–Crippen MR) is 16.5 cm³/mol. The molecule has 0 unspecified atom stereocenters. The van der Waals surface area contributed by atoms with Crippen LogP contribution in [0.25, 0.3) is 0 Å². The molecule has 0 aromatic carbocycles. The Balaban J connectivity index is 0. The minimum absolute atomic E-state index is 0. The first-order valence-corrected chi connectivity index (χ1v) is 1.05. The minimum Gasteiger partial charge on any atom is -0.562 e. The zero-order valence-electron chi connectivity index (χ0n) is 3.51. The second-order valence-corrected chi connectivity index (χ2v) is 0.505. The zero-order valence-corrected chi connectivity index (χ0v) is 6.63. The first-order chi connectivity index (χ1) is 2.27. The first-order valence-electron chi connectivity index (χ1n) is 1.05. The van der Waals surface area contributed by atoms with E-state index in [0.29, 0.717) is 6.08 Å². The van der Waals surface area contributed by atoms with Gasteiger partial charge in [0.05, 0.1) is 0 Å². The zero-order chi connectivity index (χ0) is 4.28. The van der Waals surface area contributed by atoms with Gasteiger partial charge in [0.2, 0.25) is 0 Å². The molecule has 0 atom stereocenters. The third-order valence-corrected chi connectivity index (χ3v) is 0.143. The van der Waals surface area contributed by atoms with Crippen LogP contribution in [0.5, 0.6) is 0 Å². The molecule has 0 aliphatic carbocycles. The van der Waals surface area contributed by atoms with E-state index in [0.717, 1.165) is 0 Å². The van der Waals surface area contributed by atoms with Crippen molar-refractivity contribution in [3.63, 3.8) is 0 Å². The topological polar surface area (TPSA) is 37.3 Å². The van der Waals surface area contributed by atoms with E-state index >= 15 is 0 Å². The molecule has 2 nitrogen and oxygen atoms in total. The molecular weight excluding hydrogens is 107 g/mol. The summed E-state index contributed by atoms with van der Waals surface area (Å²) in [5.41, 5.74) is 0. The van der Waals surface area contributed by atoms with Crippen molar-refractivity contribution in [1.29, 1.82) is 0 Å². The van der Waals surface area contributed by atoms with Crippen LogP contribution < -0.4 is 51.4 Å². The molecule has 0 radical (unpaired) electrons. The Morgan fingerprint density at radius 2 is 2.00 bits per heavy atom. The van der Waals surface area contributed by atoms with Crippen molar-refractivity contribution in [3.8, 4) is 0 Å². The van der Waals surface area contributed by atoms with Crippen molar-refractivity contribution in [2.75, 3.05) is 0 Å². The molecule has 0 amide bonds. The van der Waals surface area contributed by atoms with E-state index in [4.69, 9.17) is 5.11 Å². The number of carbonyl (C=O) groups is 1. The molecule has 0 bridgehead atoms. The molecule has 0 aromatic rings. The summed E-state index contributed by atoms with van der Waals surface area (Å²) in [6.45, 7) is 4.45. The largest absolute Gasteiger partial charge is 1.00 e. The van der Waals surface area contributed by atoms with Crippen LogP contribution in [0.2, 0.25) is 0 Å².